The minimum Gasteiger partial charge on any atom is -0.367 e. The summed E-state index contributed by atoms with van der Waals surface area (Å²) in [7, 11) is 3.96. The summed E-state index contributed by atoms with van der Waals surface area (Å²) in [5, 5.41) is 18.3. The van der Waals surface area contributed by atoms with Gasteiger partial charge in [-0.05, 0) is 18.9 Å². The van der Waals surface area contributed by atoms with Gasteiger partial charge in [-0.15, -0.1) is 0 Å². The molecule has 0 amide bonds. The average Bonchev–Trinajstić information content (AvgIpc) is 3.13. The molecule has 0 bridgehead atoms. The third kappa shape index (κ3) is 1.66. The van der Waals surface area contributed by atoms with Crippen molar-refractivity contribution in [3.05, 3.63) is 39.8 Å². The van der Waals surface area contributed by atoms with Crippen LogP contribution in [0.25, 0.3) is 17.5 Å². The lowest BCUT2D eigenvalue weighted by molar-refractivity contribution is 0.676. The Bertz CT molecular complexity index is 911. The zero-order valence-electron chi connectivity index (χ0n) is 13.3. The van der Waals surface area contributed by atoms with Gasteiger partial charge in [0.2, 0.25) is 0 Å². The quantitative estimate of drug-likeness (QED) is 0.799. The Morgan fingerprint density at radius 1 is 1.32 bits per heavy atom. The van der Waals surface area contributed by atoms with Gasteiger partial charge in [-0.25, -0.2) is 0 Å². The molecule has 22 heavy (non-hydrogen) atoms. The van der Waals surface area contributed by atoms with Gasteiger partial charge in [-0.1, -0.05) is 6.92 Å². The largest absolute Gasteiger partial charge is 0.367 e. The van der Waals surface area contributed by atoms with Gasteiger partial charge in [0, 0.05) is 42.8 Å². The molecule has 2 aliphatic rings. The summed E-state index contributed by atoms with van der Waals surface area (Å²) < 4.78 is 3.83. The van der Waals surface area contributed by atoms with Crippen LogP contribution in [-0.2, 0) is 14.1 Å². The molecule has 2 N–H and O–H groups in total. The molecule has 6 nitrogen and oxygen atoms in total. The van der Waals surface area contributed by atoms with Crippen LogP contribution in [0, 0.1) is 6.92 Å². The molecule has 6 heteroatoms. The van der Waals surface area contributed by atoms with Crippen LogP contribution in [0.4, 0.5) is 0 Å². The van der Waals surface area contributed by atoms with Crippen LogP contribution in [0.3, 0.4) is 0 Å². The Morgan fingerprint density at radius 2 is 2.14 bits per heavy atom. The molecule has 4 rings (SSSR count). The van der Waals surface area contributed by atoms with Crippen molar-refractivity contribution in [2.45, 2.75) is 26.4 Å². The second-order valence-corrected chi connectivity index (χ2v) is 5.88. The molecule has 0 fully saturated rings. The van der Waals surface area contributed by atoms with Gasteiger partial charge in [0.25, 0.3) is 0 Å². The average molecular weight is 296 g/mol. The van der Waals surface area contributed by atoms with Crippen molar-refractivity contribution in [3.63, 3.8) is 0 Å². The first kappa shape index (κ1) is 13.2. The minimum absolute atomic E-state index is 0.104. The van der Waals surface area contributed by atoms with E-state index in [0.717, 1.165) is 17.3 Å². The fraction of sp³-hybridized carbons (Fsp3) is 0.375. The molecular formula is C16H20N6. The van der Waals surface area contributed by atoms with E-state index in [4.69, 9.17) is 0 Å². The number of rotatable bonds is 2. The van der Waals surface area contributed by atoms with Gasteiger partial charge in [0.1, 0.15) is 6.17 Å². The summed E-state index contributed by atoms with van der Waals surface area (Å²) in [4.78, 5) is 0. The van der Waals surface area contributed by atoms with Crippen molar-refractivity contribution in [2.24, 2.45) is 14.1 Å². The van der Waals surface area contributed by atoms with E-state index in [1.54, 1.807) is 0 Å². The Kier molecular flexibility index (Phi) is 2.69. The summed E-state index contributed by atoms with van der Waals surface area (Å²) in [6.45, 7) is 4.26. The van der Waals surface area contributed by atoms with Gasteiger partial charge >= 0.3 is 0 Å². The second-order valence-electron chi connectivity index (χ2n) is 5.88. The molecule has 0 saturated heterocycles. The summed E-state index contributed by atoms with van der Waals surface area (Å²) in [6, 6.07) is 0. The van der Waals surface area contributed by atoms with Crippen molar-refractivity contribution in [1.82, 2.24) is 30.2 Å². The third-order valence-electron chi connectivity index (χ3n) is 4.47. The van der Waals surface area contributed by atoms with E-state index >= 15 is 0 Å². The Labute approximate surface area is 128 Å². The van der Waals surface area contributed by atoms with E-state index < -0.39 is 0 Å². The summed E-state index contributed by atoms with van der Waals surface area (Å²) in [5.74, 6) is 0. The molecule has 1 unspecified atom stereocenters. The number of aromatic nitrogens is 4. The normalized spacial score (nSPS) is 19.5. The van der Waals surface area contributed by atoms with Gasteiger partial charge < -0.3 is 10.6 Å². The van der Waals surface area contributed by atoms with Crippen molar-refractivity contribution in [3.8, 4) is 0 Å². The standard InChI is InChI=1S/C16H20N6/c1-5-11-13-15-10(7-18-22(15)4)6-17-16(13)19-14(11)12-8-21(3)20-9(12)2/h6-8,16-17,19H,5H2,1-4H3. The van der Waals surface area contributed by atoms with Crippen LogP contribution in [0.2, 0.25) is 0 Å². The molecule has 0 aromatic carbocycles. The second kappa shape index (κ2) is 4.50. The fourth-order valence-corrected chi connectivity index (χ4v) is 3.53. The van der Waals surface area contributed by atoms with Gasteiger partial charge in [0.15, 0.2) is 0 Å². The first-order chi connectivity index (χ1) is 10.6. The van der Waals surface area contributed by atoms with Crippen molar-refractivity contribution < 1.29 is 0 Å². The van der Waals surface area contributed by atoms with Crippen LogP contribution in [-0.4, -0.2) is 25.7 Å². The van der Waals surface area contributed by atoms with E-state index in [0.29, 0.717) is 0 Å². The molecule has 1 atom stereocenters. The van der Waals surface area contributed by atoms with Gasteiger partial charge in [-0.3, -0.25) is 9.36 Å². The van der Waals surface area contributed by atoms with Crippen LogP contribution >= 0.6 is 0 Å². The number of aryl methyl sites for hydroxylation is 3. The maximum Gasteiger partial charge on any atom is 0.125 e. The molecule has 2 aromatic rings. The van der Waals surface area contributed by atoms with Crippen molar-refractivity contribution >= 4 is 17.5 Å². The van der Waals surface area contributed by atoms with E-state index in [2.05, 4.69) is 40.9 Å². The molecule has 0 spiro atoms. The predicted molar refractivity (Wildman–Crippen MR) is 85.5 cm³/mol. The molecule has 114 valence electrons. The smallest absolute Gasteiger partial charge is 0.125 e. The lowest BCUT2D eigenvalue weighted by Gasteiger charge is -2.18. The minimum atomic E-state index is 0.104. The molecule has 0 saturated carbocycles. The SMILES string of the molecule is CCC1=C(c2cn(C)nc2C)NC2NC=c3cnn(C)c3=C12. The topological polar surface area (TPSA) is 59.7 Å². The highest BCUT2D eigenvalue weighted by Crippen LogP contribution is 2.34. The van der Waals surface area contributed by atoms with E-state index in [9.17, 15) is 0 Å². The predicted octanol–water partition coefficient (Wildman–Crippen LogP) is -0.295. The number of nitrogens with one attached hydrogen (secondary N) is 2. The third-order valence-corrected chi connectivity index (χ3v) is 4.47. The lowest BCUT2D eigenvalue weighted by atomic mass is 9.99. The molecule has 0 aliphatic carbocycles. The van der Waals surface area contributed by atoms with Crippen LogP contribution in [0.1, 0.15) is 24.6 Å². The van der Waals surface area contributed by atoms with E-state index in [1.165, 1.54) is 27.8 Å². The first-order valence-corrected chi connectivity index (χ1v) is 7.59. The number of hydrogen-bond acceptors (Lipinski definition) is 4. The summed E-state index contributed by atoms with van der Waals surface area (Å²) >= 11 is 0. The Hall–Kier alpha value is -2.50. The maximum atomic E-state index is 4.48. The summed E-state index contributed by atoms with van der Waals surface area (Å²) in [5.41, 5.74) is 6.05. The Balaban J connectivity index is 2.03. The zero-order chi connectivity index (χ0) is 15.4. The molecule has 4 heterocycles. The molecular weight excluding hydrogens is 276 g/mol. The van der Waals surface area contributed by atoms with Gasteiger partial charge in [-0.2, -0.15) is 10.2 Å². The first-order valence-electron chi connectivity index (χ1n) is 7.59. The zero-order valence-corrected chi connectivity index (χ0v) is 13.3. The highest BCUT2D eigenvalue weighted by molar-refractivity contribution is 5.89. The summed E-state index contributed by atoms with van der Waals surface area (Å²) in [6.07, 6.45) is 7.10. The fourth-order valence-electron chi connectivity index (χ4n) is 3.53. The van der Waals surface area contributed by atoms with Crippen LogP contribution in [0.15, 0.2) is 18.0 Å². The van der Waals surface area contributed by atoms with E-state index in [-0.39, 0.29) is 6.17 Å². The van der Waals surface area contributed by atoms with Crippen molar-refractivity contribution in [1.29, 1.82) is 0 Å². The number of nitrogens with zero attached hydrogens (tertiary/aromatic N) is 4. The maximum absolute atomic E-state index is 4.48. The monoisotopic (exact) mass is 296 g/mol. The van der Waals surface area contributed by atoms with Crippen molar-refractivity contribution in [2.75, 3.05) is 0 Å². The Morgan fingerprint density at radius 3 is 2.82 bits per heavy atom. The molecule has 2 aromatic heterocycles. The van der Waals surface area contributed by atoms with Gasteiger partial charge in [0.05, 0.1) is 22.9 Å². The number of fused-ring (bicyclic) bond motifs is 2. The molecule has 0 radical (unpaired) electrons. The number of hydrogen-bond donors (Lipinski definition) is 2. The van der Waals surface area contributed by atoms with Crippen LogP contribution < -0.4 is 21.2 Å². The highest BCUT2D eigenvalue weighted by atomic mass is 15.3. The van der Waals surface area contributed by atoms with E-state index in [1.807, 2.05) is 35.9 Å². The molecule has 2 aliphatic heterocycles. The highest BCUT2D eigenvalue weighted by Gasteiger charge is 2.32. The van der Waals surface area contributed by atoms with Crippen LogP contribution in [0.5, 0.6) is 0 Å². The lowest BCUT2D eigenvalue weighted by Crippen LogP contribution is -2.47.